The van der Waals surface area contributed by atoms with Gasteiger partial charge in [-0.05, 0) is 82.1 Å². The van der Waals surface area contributed by atoms with Crippen LogP contribution in [-0.4, -0.2) is 69.3 Å². The number of rotatable bonds is 15. The number of hydrogen-bond donors (Lipinski definition) is 4. The summed E-state index contributed by atoms with van der Waals surface area (Å²) in [5, 5.41) is 3.34. The van der Waals surface area contributed by atoms with E-state index in [1.54, 1.807) is 19.2 Å². The van der Waals surface area contributed by atoms with E-state index in [1.165, 1.54) is 18.4 Å². The molecule has 0 spiro atoms. The third-order valence-corrected chi connectivity index (χ3v) is 6.02. The highest BCUT2D eigenvalue weighted by Crippen LogP contribution is 2.20. The molecule has 1 unspecified atom stereocenters. The summed E-state index contributed by atoms with van der Waals surface area (Å²) in [7, 11) is 1.79. The van der Waals surface area contributed by atoms with Crippen LogP contribution < -0.4 is 22.5 Å². The van der Waals surface area contributed by atoms with Gasteiger partial charge < -0.3 is 22.5 Å². The highest BCUT2D eigenvalue weighted by Gasteiger charge is 2.25. The molecule has 7 nitrogen and oxygen atoms in total. The van der Waals surface area contributed by atoms with E-state index in [2.05, 4.69) is 53.9 Å². The lowest BCUT2D eigenvalue weighted by Crippen LogP contribution is -2.55. The van der Waals surface area contributed by atoms with Gasteiger partial charge >= 0.3 is 0 Å². The third kappa shape index (κ3) is 19.2. The van der Waals surface area contributed by atoms with Gasteiger partial charge in [0.1, 0.15) is 0 Å². The van der Waals surface area contributed by atoms with Gasteiger partial charge in [0.15, 0.2) is 0 Å². The lowest BCUT2D eigenvalue weighted by molar-refractivity contribution is 0.156. The van der Waals surface area contributed by atoms with Crippen LogP contribution in [-0.2, 0) is 0 Å². The summed E-state index contributed by atoms with van der Waals surface area (Å²) < 4.78 is 0. The van der Waals surface area contributed by atoms with Gasteiger partial charge in [0.05, 0.1) is 6.17 Å². The molecule has 1 saturated heterocycles. The van der Waals surface area contributed by atoms with E-state index < -0.39 is 6.17 Å². The molecule has 1 fully saturated rings. The van der Waals surface area contributed by atoms with Crippen LogP contribution in [0.25, 0.3) is 0 Å². The van der Waals surface area contributed by atoms with Crippen molar-refractivity contribution >= 4 is 12.9 Å². The maximum atomic E-state index is 6.29. The molecule has 7 heteroatoms. The molecule has 38 heavy (non-hydrogen) atoms. The molecule has 0 saturated carbocycles. The molecule has 1 heterocycles. The highest BCUT2D eigenvalue weighted by atomic mass is 15.2. The highest BCUT2D eigenvalue weighted by molar-refractivity contribution is 5.79. The minimum absolute atomic E-state index is 0.0830. The first-order chi connectivity index (χ1) is 18.4. The number of nitrogens with two attached hydrogens (primary N) is 3. The van der Waals surface area contributed by atoms with Gasteiger partial charge in [-0.3, -0.25) is 14.9 Å². The predicted molar refractivity (Wildman–Crippen MR) is 174 cm³/mol. The maximum absolute atomic E-state index is 6.29. The first-order valence-corrected chi connectivity index (χ1v) is 14.6. The Morgan fingerprint density at radius 1 is 1.03 bits per heavy atom. The van der Waals surface area contributed by atoms with E-state index in [-0.39, 0.29) is 12.1 Å². The Bertz CT molecular complexity index is 647. The molecule has 0 aromatic carbocycles. The van der Waals surface area contributed by atoms with Crippen molar-refractivity contribution in [2.24, 2.45) is 33.1 Å². The smallest absolute Gasteiger partial charge is 0.0682 e. The predicted octanol–water partition coefficient (Wildman–Crippen LogP) is 5.45. The van der Waals surface area contributed by atoms with Crippen LogP contribution in [0.5, 0.6) is 0 Å². The molecule has 1 rings (SSSR count). The van der Waals surface area contributed by atoms with Crippen LogP contribution in [0.4, 0.5) is 0 Å². The molecule has 1 aliphatic heterocycles. The van der Waals surface area contributed by atoms with Gasteiger partial charge in [-0.15, -0.1) is 0 Å². The summed E-state index contributed by atoms with van der Waals surface area (Å²) in [4.78, 5) is 10.2. The first-order valence-electron chi connectivity index (χ1n) is 14.6. The van der Waals surface area contributed by atoms with E-state index in [0.717, 1.165) is 57.4 Å². The monoisotopic (exact) mass is 534 g/mol. The van der Waals surface area contributed by atoms with Crippen molar-refractivity contribution in [2.75, 3.05) is 33.2 Å². The van der Waals surface area contributed by atoms with Crippen molar-refractivity contribution in [1.29, 1.82) is 0 Å². The molecule has 0 radical (unpaired) electrons. The Kier molecular flexibility index (Phi) is 31.7. The molecule has 0 bridgehead atoms. The minimum atomic E-state index is -0.394. The van der Waals surface area contributed by atoms with Gasteiger partial charge in [-0.1, -0.05) is 79.3 Å². The molecule has 222 valence electrons. The van der Waals surface area contributed by atoms with Crippen LogP contribution in [0.1, 0.15) is 80.1 Å². The molecule has 0 aromatic rings. The average Bonchev–Trinajstić information content (AvgIpc) is 2.95. The normalized spacial score (nSPS) is 15.9. The van der Waals surface area contributed by atoms with E-state index in [4.69, 9.17) is 17.2 Å². The number of hydrogen-bond acceptors (Lipinski definition) is 7. The fourth-order valence-electron chi connectivity index (χ4n) is 4.17. The SMILES string of the molecule is C=C/C=C(\C=C)[C@H](N)CC(C(N)N)N(CCC)CCCC.C=N/C=C(\C=NC)C1CCNCC1.CC.CC. The minimum Gasteiger partial charge on any atom is -0.324 e. The van der Waals surface area contributed by atoms with Crippen molar-refractivity contribution in [1.82, 2.24) is 10.2 Å². The summed E-state index contributed by atoms with van der Waals surface area (Å²) in [6.45, 7) is 27.6. The Labute approximate surface area is 236 Å². The number of allylic oxidation sites excluding steroid dienone is 3. The largest absolute Gasteiger partial charge is 0.324 e. The zero-order chi connectivity index (χ0) is 29.8. The zero-order valence-electron chi connectivity index (χ0n) is 26.0. The van der Waals surface area contributed by atoms with E-state index in [1.807, 2.05) is 46.2 Å². The second kappa shape index (κ2) is 29.7. The maximum Gasteiger partial charge on any atom is 0.0682 e. The van der Waals surface area contributed by atoms with Crippen molar-refractivity contribution in [3.8, 4) is 0 Å². The number of aliphatic imine (C=N–C) groups is 2. The number of nitrogens with one attached hydrogen (secondary N) is 1. The third-order valence-electron chi connectivity index (χ3n) is 6.02. The van der Waals surface area contributed by atoms with Gasteiger partial charge in [0.2, 0.25) is 0 Å². The number of unbranched alkanes of at least 4 members (excludes halogenated alkanes) is 1. The Balaban J connectivity index is -0.000000613. The second-order valence-electron chi connectivity index (χ2n) is 8.71. The zero-order valence-corrected chi connectivity index (χ0v) is 26.0. The van der Waals surface area contributed by atoms with Crippen LogP contribution in [0.3, 0.4) is 0 Å². The molecule has 0 aliphatic carbocycles. The average molecular weight is 534 g/mol. The number of nitrogens with zero attached hydrogens (tertiary/aromatic N) is 3. The Hall–Kier alpha value is -1.90. The lowest BCUT2D eigenvalue weighted by Gasteiger charge is -2.35. The van der Waals surface area contributed by atoms with Crippen molar-refractivity contribution in [3.63, 3.8) is 0 Å². The molecule has 0 aromatic heterocycles. The second-order valence-corrected chi connectivity index (χ2v) is 8.71. The van der Waals surface area contributed by atoms with E-state index in [0.29, 0.717) is 5.92 Å². The molecule has 2 atom stereocenters. The lowest BCUT2D eigenvalue weighted by atomic mass is 9.91. The fraction of sp³-hybridized carbons (Fsp3) is 0.677. The van der Waals surface area contributed by atoms with Gasteiger partial charge in [0, 0.05) is 31.5 Å². The fourth-order valence-corrected chi connectivity index (χ4v) is 4.17. The molecular weight excluding hydrogens is 470 g/mol. The Morgan fingerprint density at radius 2 is 1.63 bits per heavy atom. The first kappa shape index (κ1) is 40.6. The topological polar surface area (TPSA) is 118 Å². The molecular formula is C31H63N7. The summed E-state index contributed by atoms with van der Waals surface area (Å²) in [6.07, 6.45) is 15.2. The van der Waals surface area contributed by atoms with E-state index >= 15 is 0 Å². The van der Waals surface area contributed by atoms with Gasteiger partial charge in [-0.2, -0.15) is 0 Å². The van der Waals surface area contributed by atoms with Crippen LogP contribution in [0.2, 0.25) is 0 Å². The van der Waals surface area contributed by atoms with Crippen LogP contribution >= 0.6 is 0 Å². The van der Waals surface area contributed by atoms with E-state index in [9.17, 15) is 0 Å². The standard InChI is InChI=1S/C17H34N4.C10H17N3.2C2H6/c1-5-9-12-21(11-7-3)16(17(19)20)13-15(18)14(8-4)10-6-2;1-11-7-10(8-12-2)9-3-5-13-6-4-9;2*1-2/h6,8,10,15-17H,2,4-5,7,9,11-13,18-20H2,1,3H3;7-9,13H,1,3-6H2,2H3;2*1-2H3/b14-10+;10-7+,12-8?;;/t15-,16?;;;/m1.../s1. The summed E-state index contributed by atoms with van der Waals surface area (Å²) in [5.41, 5.74) is 20.5. The van der Waals surface area contributed by atoms with Crippen molar-refractivity contribution < 1.29 is 0 Å². The summed E-state index contributed by atoms with van der Waals surface area (Å²) in [5.74, 6) is 0.607. The van der Waals surface area contributed by atoms with Crippen molar-refractivity contribution in [3.05, 3.63) is 48.7 Å². The molecule has 0 amide bonds. The van der Waals surface area contributed by atoms with Crippen LogP contribution in [0, 0.1) is 5.92 Å². The number of piperidine rings is 1. The quantitative estimate of drug-likeness (QED) is 0.127. The van der Waals surface area contributed by atoms with Crippen molar-refractivity contribution in [2.45, 2.75) is 98.3 Å². The van der Waals surface area contributed by atoms with Gasteiger partial charge in [-0.25, -0.2) is 0 Å². The summed E-state index contributed by atoms with van der Waals surface area (Å²) in [6, 6.07) is -0.0410. The molecule has 7 N–H and O–H groups in total. The Morgan fingerprint density at radius 3 is 2.05 bits per heavy atom. The summed E-state index contributed by atoms with van der Waals surface area (Å²) >= 11 is 0. The van der Waals surface area contributed by atoms with Gasteiger partial charge in [0.25, 0.3) is 0 Å². The molecule has 1 aliphatic rings. The van der Waals surface area contributed by atoms with Crippen LogP contribution in [0.15, 0.2) is 58.7 Å².